The summed E-state index contributed by atoms with van der Waals surface area (Å²) in [5.74, 6) is 0.929. The fourth-order valence-corrected chi connectivity index (χ4v) is 5.00. The highest BCUT2D eigenvalue weighted by Gasteiger charge is 2.23. The SMILES string of the molecule is Cc1cc(C(=O)Nc2c(-c3ccc(F)cc3)ncn2Cc2ccccc2)c2nc3n(c2n1)CCCCC3. The smallest absolute Gasteiger partial charge is 0.259 e. The van der Waals surface area contributed by atoms with Crippen molar-refractivity contribution >= 4 is 22.9 Å². The summed E-state index contributed by atoms with van der Waals surface area (Å²) in [4.78, 5) is 28.0. The third kappa shape index (κ3) is 4.50. The Morgan fingerprint density at radius 1 is 1.03 bits per heavy atom. The Morgan fingerprint density at radius 3 is 2.65 bits per heavy atom. The lowest BCUT2D eigenvalue weighted by molar-refractivity contribution is 0.102. The number of amides is 1. The highest BCUT2D eigenvalue weighted by Crippen LogP contribution is 2.30. The minimum atomic E-state index is -0.327. The Labute approximate surface area is 214 Å². The van der Waals surface area contributed by atoms with E-state index in [1.807, 2.05) is 41.8 Å². The van der Waals surface area contributed by atoms with Crippen LogP contribution in [0, 0.1) is 12.7 Å². The van der Waals surface area contributed by atoms with E-state index in [1.54, 1.807) is 24.5 Å². The molecule has 0 spiro atoms. The number of imidazole rings is 2. The van der Waals surface area contributed by atoms with Crippen LogP contribution in [0.1, 0.15) is 46.7 Å². The quantitative estimate of drug-likeness (QED) is 0.337. The predicted octanol–water partition coefficient (Wildman–Crippen LogP) is 5.77. The van der Waals surface area contributed by atoms with Gasteiger partial charge in [-0.3, -0.25) is 4.79 Å². The third-order valence-corrected chi connectivity index (χ3v) is 6.82. The molecule has 1 aliphatic rings. The maximum Gasteiger partial charge on any atom is 0.259 e. The maximum atomic E-state index is 13.8. The maximum absolute atomic E-state index is 13.8. The molecule has 7 nitrogen and oxygen atoms in total. The number of pyridine rings is 1. The monoisotopic (exact) mass is 494 g/mol. The van der Waals surface area contributed by atoms with Gasteiger partial charge in [-0.2, -0.15) is 0 Å². The number of carbonyl (C=O) groups excluding carboxylic acids is 1. The van der Waals surface area contributed by atoms with Crippen LogP contribution in [0.15, 0.2) is 67.0 Å². The summed E-state index contributed by atoms with van der Waals surface area (Å²) in [6, 6.07) is 17.9. The Balaban J connectivity index is 1.42. The Bertz CT molecular complexity index is 1590. The van der Waals surface area contributed by atoms with E-state index in [-0.39, 0.29) is 11.7 Å². The molecule has 2 aromatic carbocycles. The van der Waals surface area contributed by atoms with Crippen molar-refractivity contribution < 1.29 is 9.18 Å². The molecule has 0 aliphatic carbocycles. The molecule has 1 N–H and O–H groups in total. The molecule has 186 valence electrons. The van der Waals surface area contributed by atoms with Gasteiger partial charge in [0.25, 0.3) is 5.91 Å². The number of carbonyl (C=O) groups is 1. The normalized spacial score (nSPS) is 13.4. The first-order valence-electron chi connectivity index (χ1n) is 12.6. The van der Waals surface area contributed by atoms with Crippen LogP contribution in [0.4, 0.5) is 10.2 Å². The van der Waals surface area contributed by atoms with E-state index >= 15 is 0 Å². The zero-order valence-electron chi connectivity index (χ0n) is 20.6. The summed E-state index contributed by atoms with van der Waals surface area (Å²) in [5.41, 5.74) is 5.00. The van der Waals surface area contributed by atoms with Crippen LogP contribution in [-0.2, 0) is 19.5 Å². The lowest BCUT2D eigenvalue weighted by atomic mass is 10.1. The van der Waals surface area contributed by atoms with Gasteiger partial charge < -0.3 is 14.5 Å². The molecule has 0 bridgehead atoms. The van der Waals surface area contributed by atoms with E-state index in [9.17, 15) is 9.18 Å². The number of nitrogens with zero attached hydrogens (tertiary/aromatic N) is 5. The van der Waals surface area contributed by atoms with Gasteiger partial charge in [0.2, 0.25) is 0 Å². The molecule has 5 aromatic rings. The third-order valence-electron chi connectivity index (χ3n) is 6.82. The van der Waals surface area contributed by atoms with E-state index in [2.05, 4.69) is 14.9 Å². The molecule has 3 aromatic heterocycles. The van der Waals surface area contributed by atoms with Crippen LogP contribution >= 0.6 is 0 Å². The van der Waals surface area contributed by atoms with Crippen LogP contribution in [-0.4, -0.2) is 30.0 Å². The van der Waals surface area contributed by atoms with Crippen LogP contribution in [0.3, 0.4) is 0 Å². The lowest BCUT2D eigenvalue weighted by Crippen LogP contribution is -2.17. The molecule has 0 saturated carbocycles. The zero-order valence-corrected chi connectivity index (χ0v) is 20.6. The first-order chi connectivity index (χ1) is 18.1. The molecule has 8 heteroatoms. The summed E-state index contributed by atoms with van der Waals surface area (Å²) in [7, 11) is 0. The number of nitrogens with one attached hydrogen (secondary N) is 1. The number of aryl methyl sites for hydroxylation is 3. The minimum Gasteiger partial charge on any atom is -0.313 e. The molecule has 1 aliphatic heterocycles. The number of hydrogen-bond donors (Lipinski definition) is 1. The van der Waals surface area contributed by atoms with Crippen LogP contribution in [0.5, 0.6) is 0 Å². The number of anilines is 1. The Kier molecular flexibility index (Phi) is 6.00. The van der Waals surface area contributed by atoms with E-state index in [1.165, 1.54) is 18.6 Å². The number of rotatable bonds is 5. The summed E-state index contributed by atoms with van der Waals surface area (Å²) in [6.45, 7) is 3.28. The molecule has 0 saturated heterocycles. The summed E-state index contributed by atoms with van der Waals surface area (Å²) >= 11 is 0. The van der Waals surface area contributed by atoms with E-state index in [0.717, 1.165) is 48.5 Å². The minimum absolute atomic E-state index is 0.276. The van der Waals surface area contributed by atoms with Crippen molar-refractivity contribution in [1.29, 1.82) is 0 Å². The molecule has 0 atom stereocenters. The van der Waals surface area contributed by atoms with Gasteiger partial charge in [0.1, 0.15) is 28.7 Å². The van der Waals surface area contributed by atoms with Crippen molar-refractivity contribution in [1.82, 2.24) is 24.1 Å². The largest absolute Gasteiger partial charge is 0.313 e. The first-order valence-corrected chi connectivity index (χ1v) is 12.6. The predicted molar refractivity (Wildman–Crippen MR) is 141 cm³/mol. The number of halogens is 1. The molecule has 6 rings (SSSR count). The van der Waals surface area contributed by atoms with Crippen molar-refractivity contribution in [2.45, 2.75) is 45.7 Å². The summed E-state index contributed by atoms with van der Waals surface area (Å²) < 4.78 is 17.7. The van der Waals surface area contributed by atoms with Crippen LogP contribution in [0.2, 0.25) is 0 Å². The molecule has 37 heavy (non-hydrogen) atoms. The molecular formula is C29H27FN6O. The lowest BCUT2D eigenvalue weighted by Gasteiger charge is -2.13. The fraction of sp³-hybridized carbons (Fsp3) is 0.241. The molecule has 4 heterocycles. The van der Waals surface area contributed by atoms with E-state index in [4.69, 9.17) is 9.97 Å². The highest BCUT2D eigenvalue weighted by atomic mass is 19.1. The molecule has 1 amide bonds. The van der Waals surface area contributed by atoms with Gasteiger partial charge >= 0.3 is 0 Å². The zero-order chi connectivity index (χ0) is 25.4. The van der Waals surface area contributed by atoms with Gasteiger partial charge in [0.15, 0.2) is 5.65 Å². The second kappa shape index (κ2) is 9.61. The van der Waals surface area contributed by atoms with Gasteiger partial charge in [-0.15, -0.1) is 0 Å². The van der Waals surface area contributed by atoms with Gasteiger partial charge in [0.05, 0.1) is 18.4 Å². The van der Waals surface area contributed by atoms with Gasteiger partial charge in [-0.1, -0.05) is 36.8 Å². The molecule has 0 unspecified atom stereocenters. The van der Waals surface area contributed by atoms with Gasteiger partial charge in [-0.05, 0) is 55.7 Å². The summed E-state index contributed by atoms with van der Waals surface area (Å²) in [5, 5.41) is 3.11. The Hall–Kier alpha value is -4.33. The Morgan fingerprint density at radius 2 is 1.84 bits per heavy atom. The molecule has 0 radical (unpaired) electrons. The van der Waals surface area contributed by atoms with Gasteiger partial charge in [-0.25, -0.2) is 19.3 Å². The van der Waals surface area contributed by atoms with Crippen LogP contribution in [0.25, 0.3) is 22.4 Å². The van der Waals surface area contributed by atoms with Crippen molar-refractivity contribution in [2.24, 2.45) is 0 Å². The first kappa shape index (κ1) is 23.1. The fourth-order valence-electron chi connectivity index (χ4n) is 5.00. The highest BCUT2D eigenvalue weighted by molar-refractivity contribution is 6.12. The average molecular weight is 495 g/mol. The van der Waals surface area contributed by atoms with Crippen molar-refractivity contribution in [3.05, 3.63) is 95.5 Å². The number of fused-ring (bicyclic) bond motifs is 3. The van der Waals surface area contributed by atoms with Crippen LogP contribution < -0.4 is 5.32 Å². The standard InChI is InChI=1S/C29H27FN6O/c1-19-16-23(26-28(32-19)36-15-7-3-6-10-24(36)33-26)29(37)34-27-25(21-11-13-22(30)14-12-21)31-18-35(27)17-20-8-4-2-5-9-20/h2,4-5,8-9,11-14,16,18H,3,6-7,10,15,17H2,1H3,(H,34,37). The van der Waals surface area contributed by atoms with E-state index < -0.39 is 0 Å². The number of benzene rings is 2. The van der Waals surface area contributed by atoms with E-state index in [0.29, 0.717) is 34.7 Å². The molecular weight excluding hydrogens is 467 g/mol. The second-order valence-corrected chi connectivity index (χ2v) is 9.49. The topological polar surface area (TPSA) is 77.6 Å². The van der Waals surface area contributed by atoms with Crippen molar-refractivity contribution in [3.8, 4) is 11.3 Å². The summed E-state index contributed by atoms with van der Waals surface area (Å²) in [6.07, 6.45) is 5.92. The van der Waals surface area contributed by atoms with Crippen molar-refractivity contribution in [2.75, 3.05) is 5.32 Å². The average Bonchev–Trinajstić information content (AvgIpc) is 3.35. The molecule has 0 fully saturated rings. The second-order valence-electron chi connectivity index (χ2n) is 9.49. The number of hydrogen-bond acceptors (Lipinski definition) is 4. The number of aromatic nitrogens is 5. The van der Waals surface area contributed by atoms with Gasteiger partial charge in [0, 0.05) is 24.2 Å². The van der Waals surface area contributed by atoms with Crippen molar-refractivity contribution in [3.63, 3.8) is 0 Å².